The predicted octanol–water partition coefficient (Wildman–Crippen LogP) is 4.24. The molecule has 0 fully saturated rings. The molecule has 2 aromatic rings. The lowest BCUT2D eigenvalue weighted by atomic mass is 10.2. The Balaban J connectivity index is 2.12. The van der Waals surface area contributed by atoms with Crippen molar-refractivity contribution in [2.75, 3.05) is 13.2 Å². The normalized spacial score (nSPS) is 11.4. The summed E-state index contributed by atoms with van der Waals surface area (Å²) in [5.74, 6) is 0.576. The summed E-state index contributed by atoms with van der Waals surface area (Å²) in [6.45, 7) is 5.52. The molecule has 0 spiro atoms. The third-order valence-electron chi connectivity index (χ3n) is 4.07. The van der Waals surface area contributed by atoms with E-state index in [4.69, 9.17) is 4.74 Å². The molecule has 0 aliphatic rings. The summed E-state index contributed by atoms with van der Waals surface area (Å²) < 4.78 is 7.61. The quantitative estimate of drug-likeness (QED) is 0.636. The Bertz CT molecular complexity index is 756. The van der Waals surface area contributed by atoms with Crippen LogP contribution in [0.2, 0.25) is 0 Å². The van der Waals surface area contributed by atoms with Gasteiger partial charge in [0.05, 0.1) is 23.8 Å². The maximum absolute atomic E-state index is 12.0. The summed E-state index contributed by atoms with van der Waals surface area (Å²) >= 11 is 0. The van der Waals surface area contributed by atoms with E-state index in [0.717, 1.165) is 31.4 Å². The number of hydrogen-bond donors (Lipinski definition) is 1. The zero-order chi connectivity index (χ0) is 19.3. The van der Waals surface area contributed by atoms with Crippen molar-refractivity contribution >= 4 is 6.03 Å². The van der Waals surface area contributed by atoms with Crippen LogP contribution in [-0.2, 0) is 0 Å². The van der Waals surface area contributed by atoms with Crippen LogP contribution in [0.1, 0.15) is 52.4 Å². The number of ether oxygens (including phenoxy) is 1. The van der Waals surface area contributed by atoms with Crippen molar-refractivity contribution in [3.05, 3.63) is 48.0 Å². The fourth-order valence-electron chi connectivity index (χ4n) is 2.55. The van der Waals surface area contributed by atoms with E-state index in [1.54, 1.807) is 16.9 Å². The maximum atomic E-state index is 12.0. The number of para-hydroxylation sites is 1. The number of benzene rings is 1. The van der Waals surface area contributed by atoms with Gasteiger partial charge in [-0.3, -0.25) is 0 Å². The SMILES string of the molecule is CCCCCCNC(=O)N=c1cnn(-c2ccccc2)c(OCCCC)c1. The van der Waals surface area contributed by atoms with Gasteiger partial charge in [0.2, 0.25) is 5.88 Å². The molecule has 0 unspecified atom stereocenters. The van der Waals surface area contributed by atoms with Crippen LogP contribution < -0.4 is 15.4 Å². The molecule has 0 saturated carbocycles. The third-order valence-corrected chi connectivity index (χ3v) is 4.07. The molecule has 0 bridgehead atoms. The number of unbranched alkanes of at least 4 members (excludes halogenated alkanes) is 4. The molecular weight excluding hydrogens is 340 g/mol. The number of urea groups is 1. The molecule has 0 saturated heterocycles. The van der Waals surface area contributed by atoms with Gasteiger partial charge in [-0.05, 0) is 25.0 Å². The molecule has 0 radical (unpaired) electrons. The van der Waals surface area contributed by atoms with Gasteiger partial charge in [-0.1, -0.05) is 57.7 Å². The highest BCUT2D eigenvalue weighted by molar-refractivity contribution is 5.74. The van der Waals surface area contributed by atoms with Gasteiger partial charge in [-0.25, -0.2) is 9.48 Å². The Morgan fingerprint density at radius 2 is 1.89 bits per heavy atom. The first-order chi connectivity index (χ1) is 13.2. The van der Waals surface area contributed by atoms with Crippen molar-refractivity contribution in [2.45, 2.75) is 52.4 Å². The first kappa shape index (κ1) is 20.7. The second kappa shape index (κ2) is 11.9. The molecule has 0 aliphatic heterocycles. The van der Waals surface area contributed by atoms with Crippen molar-refractivity contribution in [1.82, 2.24) is 15.1 Å². The van der Waals surface area contributed by atoms with Gasteiger partial charge in [0.15, 0.2) is 0 Å². The lowest BCUT2D eigenvalue weighted by Gasteiger charge is -2.13. The van der Waals surface area contributed by atoms with Crippen molar-refractivity contribution < 1.29 is 9.53 Å². The fraction of sp³-hybridized carbons (Fsp3) is 0.476. The van der Waals surface area contributed by atoms with E-state index in [1.165, 1.54) is 12.8 Å². The molecule has 0 aliphatic carbocycles. The van der Waals surface area contributed by atoms with Crippen LogP contribution in [-0.4, -0.2) is 29.0 Å². The molecule has 1 N–H and O–H groups in total. The highest BCUT2D eigenvalue weighted by Crippen LogP contribution is 2.14. The largest absolute Gasteiger partial charge is 0.478 e. The first-order valence-electron chi connectivity index (χ1n) is 9.84. The number of rotatable bonds is 10. The third kappa shape index (κ3) is 7.25. The van der Waals surface area contributed by atoms with Crippen molar-refractivity contribution in [3.63, 3.8) is 0 Å². The minimum Gasteiger partial charge on any atom is -0.478 e. The summed E-state index contributed by atoms with van der Waals surface area (Å²) in [6, 6.07) is 11.2. The van der Waals surface area contributed by atoms with Gasteiger partial charge in [0, 0.05) is 12.6 Å². The standard InChI is InChI=1S/C21H30N4O2/c1-3-5-7-11-14-22-21(26)24-18-16-20(27-15-6-4-2)25(23-17-18)19-12-9-8-10-13-19/h8-10,12-13,16-17H,3-7,11,14-15H2,1-2H3,(H,22,26). The minimum absolute atomic E-state index is 0.342. The number of nitrogens with one attached hydrogen (secondary N) is 1. The molecule has 2 rings (SSSR count). The van der Waals surface area contributed by atoms with E-state index >= 15 is 0 Å². The van der Waals surface area contributed by atoms with Gasteiger partial charge in [-0.15, -0.1) is 0 Å². The smallest absolute Gasteiger partial charge is 0.341 e. The van der Waals surface area contributed by atoms with Crippen LogP contribution in [0, 0.1) is 0 Å². The second-order valence-electron chi connectivity index (χ2n) is 6.41. The number of carbonyl (C=O) groups is 1. The highest BCUT2D eigenvalue weighted by atomic mass is 16.5. The molecule has 27 heavy (non-hydrogen) atoms. The monoisotopic (exact) mass is 370 g/mol. The highest BCUT2D eigenvalue weighted by Gasteiger charge is 2.06. The molecule has 0 atom stereocenters. The van der Waals surface area contributed by atoms with Crippen molar-refractivity contribution in [3.8, 4) is 11.6 Å². The molecule has 2 amide bonds. The molecule has 6 heteroatoms. The van der Waals surface area contributed by atoms with Crippen molar-refractivity contribution in [1.29, 1.82) is 0 Å². The van der Waals surface area contributed by atoms with E-state index < -0.39 is 0 Å². The predicted molar refractivity (Wildman–Crippen MR) is 107 cm³/mol. The molecule has 146 valence electrons. The van der Waals surface area contributed by atoms with E-state index in [2.05, 4.69) is 29.3 Å². The number of nitrogens with zero attached hydrogens (tertiary/aromatic N) is 3. The molecule has 1 aromatic carbocycles. The summed E-state index contributed by atoms with van der Waals surface area (Å²) in [5.41, 5.74) is 0.899. The van der Waals surface area contributed by atoms with E-state index in [1.807, 2.05) is 30.3 Å². The van der Waals surface area contributed by atoms with Crippen molar-refractivity contribution in [2.24, 2.45) is 4.99 Å². The van der Waals surface area contributed by atoms with Gasteiger partial charge >= 0.3 is 6.03 Å². The maximum Gasteiger partial charge on any atom is 0.341 e. The van der Waals surface area contributed by atoms with Crippen LogP contribution in [0.4, 0.5) is 4.79 Å². The molecular formula is C21H30N4O2. The van der Waals surface area contributed by atoms with E-state index in [9.17, 15) is 4.79 Å². The lowest BCUT2D eigenvalue weighted by molar-refractivity contribution is 0.248. The average Bonchev–Trinajstić information content (AvgIpc) is 2.69. The van der Waals surface area contributed by atoms with Gasteiger partial charge < -0.3 is 10.1 Å². The average molecular weight is 370 g/mol. The number of amides is 2. The van der Waals surface area contributed by atoms with E-state index in [-0.39, 0.29) is 6.03 Å². The Morgan fingerprint density at radius 1 is 1.11 bits per heavy atom. The molecule has 1 aromatic heterocycles. The molecule has 6 nitrogen and oxygen atoms in total. The Labute approximate surface area is 161 Å². The zero-order valence-corrected chi connectivity index (χ0v) is 16.4. The van der Waals surface area contributed by atoms with Crippen LogP contribution in [0.5, 0.6) is 5.88 Å². The molecule has 1 heterocycles. The van der Waals surface area contributed by atoms with Gasteiger partial charge in [0.1, 0.15) is 0 Å². The van der Waals surface area contributed by atoms with Crippen LogP contribution in [0.3, 0.4) is 0 Å². The Kier molecular flexibility index (Phi) is 9.10. The summed E-state index contributed by atoms with van der Waals surface area (Å²) in [7, 11) is 0. The Hall–Kier alpha value is -2.63. The van der Waals surface area contributed by atoms with Gasteiger partial charge in [0.25, 0.3) is 0 Å². The fourth-order valence-corrected chi connectivity index (χ4v) is 2.55. The second-order valence-corrected chi connectivity index (χ2v) is 6.41. The summed E-state index contributed by atoms with van der Waals surface area (Å²) in [5, 5.41) is 7.73. The number of carbonyl (C=O) groups excluding carboxylic acids is 1. The van der Waals surface area contributed by atoms with Crippen LogP contribution in [0.25, 0.3) is 5.69 Å². The minimum atomic E-state index is -0.342. The van der Waals surface area contributed by atoms with Crippen LogP contribution >= 0.6 is 0 Å². The van der Waals surface area contributed by atoms with E-state index in [0.29, 0.717) is 24.4 Å². The van der Waals surface area contributed by atoms with Crippen LogP contribution in [0.15, 0.2) is 47.6 Å². The number of hydrogen-bond acceptors (Lipinski definition) is 3. The lowest BCUT2D eigenvalue weighted by Crippen LogP contribution is -2.24. The van der Waals surface area contributed by atoms with Gasteiger partial charge in [-0.2, -0.15) is 10.1 Å². The zero-order valence-electron chi connectivity index (χ0n) is 16.4. The summed E-state index contributed by atoms with van der Waals surface area (Å²) in [4.78, 5) is 16.1. The number of aromatic nitrogens is 2. The first-order valence-corrected chi connectivity index (χ1v) is 9.84. The topological polar surface area (TPSA) is 68.5 Å². The Morgan fingerprint density at radius 3 is 2.63 bits per heavy atom. The summed E-state index contributed by atoms with van der Waals surface area (Å²) in [6.07, 6.45) is 8.04.